The predicted molar refractivity (Wildman–Crippen MR) is 271 cm³/mol. The van der Waals surface area contributed by atoms with Gasteiger partial charge in [-0.3, -0.25) is 0 Å². The second-order valence-electron chi connectivity index (χ2n) is 19.4. The lowest BCUT2D eigenvalue weighted by atomic mass is 9.89. The van der Waals surface area contributed by atoms with Crippen LogP contribution < -0.4 is 0 Å². The Kier molecular flexibility index (Phi) is 14.6. The average Bonchev–Trinajstić information content (AvgIpc) is 1.70. The van der Waals surface area contributed by atoms with Gasteiger partial charge in [0.25, 0.3) is 0 Å². The fourth-order valence-corrected chi connectivity index (χ4v) is 23.2. The summed E-state index contributed by atoms with van der Waals surface area (Å²) >= 11 is 0. The first-order chi connectivity index (χ1) is 38.8. The van der Waals surface area contributed by atoms with Crippen LogP contribution in [0.1, 0.15) is 44.5 Å². The molecule has 22 heteroatoms. The Morgan fingerprint density at radius 1 is 0.207 bits per heavy atom. The van der Waals surface area contributed by atoms with E-state index >= 15 is 87.8 Å². The summed E-state index contributed by atoms with van der Waals surface area (Å²) in [6.07, 6.45) is 0. The van der Waals surface area contributed by atoms with Crippen LogP contribution in [0.5, 0.6) is 0 Å². The maximum atomic E-state index is 17.1. The minimum absolute atomic E-state index is 0.302. The first-order valence-electron chi connectivity index (χ1n) is 24.1. The van der Waals surface area contributed by atoms with Crippen LogP contribution in [0.15, 0.2) is 121 Å². The highest BCUT2D eigenvalue weighted by atomic mass is 28.3. The zero-order valence-corrected chi connectivity index (χ0v) is 43.5. The zero-order chi connectivity index (χ0) is 59.3. The fourth-order valence-electron chi connectivity index (χ4n) is 11.3. The molecule has 10 rings (SSSR count). The molecule has 0 amide bonds. The van der Waals surface area contributed by atoms with Crippen LogP contribution in [0.25, 0.3) is 43.1 Å². The van der Waals surface area contributed by atoms with Crippen molar-refractivity contribution in [1.29, 1.82) is 0 Å². The quantitative estimate of drug-likeness (QED) is 0.0524. The molecule has 2 heterocycles. The van der Waals surface area contributed by atoms with Crippen molar-refractivity contribution in [2.24, 2.45) is 0 Å². The van der Waals surface area contributed by atoms with Crippen LogP contribution in [0, 0.1) is 116 Å². The highest BCUT2D eigenvalue weighted by Gasteiger charge is 2.57. The molecule has 2 aliphatic rings. The van der Waals surface area contributed by atoms with E-state index in [9.17, 15) is 0 Å². The van der Waals surface area contributed by atoms with Crippen molar-refractivity contribution in [3.63, 3.8) is 0 Å². The molecule has 0 aromatic heterocycles. The second kappa shape index (κ2) is 20.9. The number of allylic oxidation sites excluding steroid dienone is 4. The van der Waals surface area contributed by atoms with E-state index in [4.69, 9.17) is 0 Å². The molecule has 0 unspecified atom stereocenters. The van der Waals surface area contributed by atoms with E-state index in [1.807, 2.05) is 0 Å². The molecule has 0 nitrogen and oxygen atoms in total. The third-order valence-electron chi connectivity index (χ3n) is 14.9. The van der Waals surface area contributed by atoms with Crippen LogP contribution in [-0.4, -0.2) is 16.1 Å². The number of rotatable bonds is 11. The van der Waals surface area contributed by atoms with Crippen molar-refractivity contribution >= 4 is 59.2 Å². The van der Waals surface area contributed by atoms with Crippen molar-refractivity contribution in [2.45, 2.75) is 25.2 Å². The zero-order valence-electron chi connectivity index (χ0n) is 41.5. The van der Waals surface area contributed by atoms with Gasteiger partial charge in [-0.25, -0.2) is 87.8 Å². The highest BCUT2D eigenvalue weighted by molar-refractivity contribution is 7.17. The van der Waals surface area contributed by atoms with Gasteiger partial charge in [0.2, 0.25) is 23.3 Å². The molecule has 0 fully saturated rings. The van der Waals surface area contributed by atoms with Gasteiger partial charge >= 0.3 is 0 Å². The van der Waals surface area contributed by atoms with Crippen molar-refractivity contribution in [3.8, 4) is 0 Å². The second-order valence-corrected chi connectivity index (χ2v) is 27.7. The molecular weight excluding hydrogens is 1160 g/mol. The van der Waals surface area contributed by atoms with E-state index in [0.717, 1.165) is 61.6 Å². The van der Waals surface area contributed by atoms with E-state index in [0.29, 0.717) is 0 Å². The molecule has 8 aromatic rings. The normalized spacial score (nSPS) is 15.0. The lowest BCUT2D eigenvalue weighted by molar-refractivity contribution is 0.376. The molecule has 0 N–H and O–H groups in total. The van der Waals surface area contributed by atoms with Crippen LogP contribution >= 0.6 is 0 Å². The van der Waals surface area contributed by atoms with Gasteiger partial charge in [-0.15, -0.1) is 0 Å². The van der Waals surface area contributed by atoms with E-state index in [1.165, 1.54) is 72.8 Å². The topological polar surface area (TPSA) is 0 Å². The lowest BCUT2D eigenvalue weighted by Crippen LogP contribution is -2.41. The van der Waals surface area contributed by atoms with E-state index in [2.05, 4.69) is 0 Å². The van der Waals surface area contributed by atoms with Crippen LogP contribution in [0.4, 0.5) is 87.8 Å². The lowest BCUT2D eigenvalue weighted by Gasteiger charge is -2.37. The largest absolute Gasteiger partial charge is 0.203 e. The Morgan fingerprint density at radius 2 is 0.341 bits per heavy atom. The molecule has 0 saturated heterocycles. The SMILES string of the molecule is C[Si]1(CC[Si]2(C)C(c3c(F)c(F)c(F)c(F)c3F)=C(c3ccccc3)C(c3ccccc3)=C2c2c(F)c(F)c(F)c(F)c2F)C(c2c(F)c(F)c(F)c(F)c2F)=C(c2ccccc2)C(c2ccccc2)=C1c1c(F)c(F)c(F)c(F)c1F. The third-order valence-corrected chi connectivity index (χ3v) is 24.3. The van der Waals surface area contributed by atoms with Crippen molar-refractivity contribution in [3.05, 3.63) is 282 Å². The van der Waals surface area contributed by atoms with E-state index in [1.54, 1.807) is 0 Å². The summed E-state index contributed by atoms with van der Waals surface area (Å²) in [5.41, 5.74) is -11.4. The molecule has 418 valence electrons. The van der Waals surface area contributed by atoms with Gasteiger partial charge in [0, 0.05) is 0 Å². The van der Waals surface area contributed by atoms with Gasteiger partial charge in [0.15, 0.2) is 93.1 Å². The van der Waals surface area contributed by atoms with Gasteiger partial charge in [-0.1, -0.05) is 147 Å². The minimum Gasteiger partial charge on any atom is -0.203 e. The summed E-state index contributed by atoms with van der Waals surface area (Å²) in [6, 6.07) is 22.1. The highest BCUT2D eigenvalue weighted by Crippen LogP contribution is 2.63. The van der Waals surface area contributed by atoms with Gasteiger partial charge in [-0.2, -0.15) is 0 Å². The fraction of sp³-hybridized carbons (Fsp3) is 0.0667. The summed E-state index contributed by atoms with van der Waals surface area (Å²) in [5.74, 6) is -53.2. The Labute approximate surface area is 453 Å². The Bertz CT molecular complexity index is 3520. The predicted octanol–water partition coefficient (Wildman–Crippen LogP) is 18.6. The van der Waals surface area contributed by atoms with Crippen LogP contribution in [0.3, 0.4) is 0 Å². The number of halogens is 20. The molecule has 0 spiro atoms. The molecule has 0 aliphatic carbocycles. The summed E-state index contributed by atoms with van der Waals surface area (Å²) in [5, 5.41) is -4.35. The van der Waals surface area contributed by atoms with Crippen LogP contribution in [-0.2, 0) is 0 Å². The molecule has 0 saturated carbocycles. The first-order valence-corrected chi connectivity index (χ1v) is 29.5. The van der Waals surface area contributed by atoms with Gasteiger partial charge < -0.3 is 0 Å². The standard InChI is InChI=1S/C60H30F20Si2/c1-81(57(33-37(61)45(69)53(77)46(70)38(33)62)29(25-15-7-3-8-16-25)30(26-17-9-4-10-18-26)58(81)34-39(63)47(71)54(78)48(72)40(34)64)23-24-82(2)59(35-41(65)49(73)55(79)50(74)42(35)66)31(27-19-11-5-12-20-27)32(28-21-13-6-14-22-28)60(82)36-43(67)51(75)56(80)52(76)44(36)68/h3-22H,23-24H2,1-2H3. The number of benzene rings is 8. The minimum atomic E-state index is -5.68. The maximum Gasteiger partial charge on any atom is 0.200 e. The van der Waals surface area contributed by atoms with E-state index < -0.39 is 210 Å². The van der Waals surface area contributed by atoms with Gasteiger partial charge in [0.1, 0.15) is 16.1 Å². The molecule has 8 aromatic carbocycles. The van der Waals surface area contributed by atoms with Crippen molar-refractivity contribution < 1.29 is 87.8 Å². The van der Waals surface area contributed by atoms with Crippen molar-refractivity contribution in [2.75, 3.05) is 0 Å². The van der Waals surface area contributed by atoms with Crippen LogP contribution in [0.2, 0.25) is 25.2 Å². The smallest absolute Gasteiger partial charge is 0.200 e. The molecule has 82 heavy (non-hydrogen) atoms. The van der Waals surface area contributed by atoms with Gasteiger partial charge in [0.05, 0.1) is 22.3 Å². The summed E-state index contributed by atoms with van der Waals surface area (Å²) in [6.45, 7) is 1.75. The van der Waals surface area contributed by atoms with Crippen molar-refractivity contribution in [1.82, 2.24) is 0 Å². The summed E-state index contributed by atoms with van der Waals surface area (Å²) in [4.78, 5) is 0. The monoisotopic (exact) mass is 1190 g/mol. The van der Waals surface area contributed by atoms with Gasteiger partial charge in [-0.05, 0) is 65.3 Å². The van der Waals surface area contributed by atoms with E-state index in [-0.39, 0.29) is 22.3 Å². The first kappa shape index (κ1) is 57.0. The third kappa shape index (κ3) is 8.40. The molecule has 0 atom stereocenters. The molecule has 0 bridgehead atoms. The summed E-state index contributed by atoms with van der Waals surface area (Å²) < 4.78 is 325. The maximum absolute atomic E-state index is 17.1. The number of hydrogen-bond donors (Lipinski definition) is 0. The average molecular weight is 1190 g/mol. The molecular formula is C60H30F20Si2. The summed E-state index contributed by atoms with van der Waals surface area (Å²) in [7, 11) is -11.4. The Morgan fingerprint density at radius 3 is 0.488 bits per heavy atom. The number of hydrogen-bond acceptors (Lipinski definition) is 0. The molecule has 0 radical (unpaired) electrons. The Hall–Kier alpha value is -8.25. The Balaban J connectivity index is 1.45. The molecule has 2 aliphatic heterocycles.